The van der Waals surface area contributed by atoms with Crippen LogP contribution in [0.2, 0.25) is 0 Å². The third kappa shape index (κ3) is 5.04. The third-order valence-electron chi connectivity index (χ3n) is 3.73. The molecule has 6 heteroatoms. The van der Waals surface area contributed by atoms with Gasteiger partial charge < -0.3 is 15.0 Å². The zero-order valence-corrected chi connectivity index (χ0v) is 14.3. The molecule has 0 saturated carbocycles. The van der Waals surface area contributed by atoms with Crippen LogP contribution in [0.4, 0.5) is 10.1 Å². The smallest absolute Gasteiger partial charge is 0.240 e. The van der Waals surface area contributed by atoms with Crippen molar-refractivity contribution in [2.24, 2.45) is 0 Å². The van der Waals surface area contributed by atoms with E-state index in [1.54, 1.807) is 13.2 Å². The first-order valence-corrected chi connectivity index (χ1v) is 7.94. The summed E-state index contributed by atoms with van der Waals surface area (Å²) in [5, 5.41) is 2.75. The van der Waals surface area contributed by atoms with E-state index in [2.05, 4.69) is 5.32 Å². The van der Waals surface area contributed by atoms with Gasteiger partial charge in [-0.25, -0.2) is 4.39 Å². The molecular weight excluding hydrogens is 323 g/mol. The van der Waals surface area contributed by atoms with Gasteiger partial charge in [0.1, 0.15) is 18.1 Å². The van der Waals surface area contributed by atoms with Crippen LogP contribution < -0.4 is 15.0 Å². The van der Waals surface area contributed by atoms with E-state index >= 15 is 0 Å². The van der Waals surface area contributed by atoms with Gasteiger partial charge in [0.05, 0.1) is 12.8 Å². The van der Waals surface area contributed by atoms with Crippen LogP contribution in [0, 0.1) is 5.82 Å². The Balaban J connectivity index is 1.94. The molecule has 0 saturated heterocycles. The van der Waals surface area contributed by atoms with Crippen molar-refractivity contribution in [3.63, 3.8) is 0 Å². The van der Waals surface area contributed by atoms with Crippen LogP contribution in [0.3, 0.4) is 0 Å². The fourth-order valence-electron chi connectivity index (χ4n) is 2.48. The first-order chi connectivity index (χ1) is 12.0. The largest absolute Gasteiger partial charge is 0.496 e. The second kappa shape index (κ2) is 8.82. The predicted octanol–water partition coefficient (Wildman–Crippen LogP) is 2.55. The van der Waals surface area contributed by atoms with Crippen molar-refractivity contribution in [3.8, 4) is 5.75 Å². The van der Waals surface area contributed by atoms with Crippen LogP contribution in [-0.4, -0.2) is 32.0 Å². The molecule has 132 valence electrons. The molecule has 0 unspecified atom stereocenters. The van der Waals surface area contributed by atoms with Gasteiger partial charge in [0, 0.05) is 13.5 Å². The van der Waals surface area contributed by atoms with Crippen molar-refractivity contribution in [1.82, 2.24) is 5.32 Å². The number of carbonyl (C=O) groups excluding carboxylic acids is 2. The molecule has 1 N–H and O–H groups in total. The number of nitrogens with one attached hydrogen (secondary N) is 1. The van der Waals surface area contributed by atoms with Crippen molar-refractivity contribution in [2.75, 3.05) is 25.1 Å². The van der Waals surface area contributed by atoms with Gasteiger partial charge in [-0.05, 0) is 30.2 Å². The van der Waals surface area contributed by atoms with Gasteiger partial charge >= 0.3 is 0 Å². The molecular formula is C19H21FN2O3. The number of halogens is 1. The SMILES string of the molecule is COc1ccccc1CCNC(=O)CN(C(C)=O)c1ccccc1F. The summed E-state index contributed by atoms with van der Waals surface area (Å²) in [6.45, 7) is 1.46. The molecule has 0 radical (unpaired) electrons. The fourth-order valence-corrected chi connectivity index (χ4v) is 2.48. The molecule has 5 nitrogen and oxygen atoms in total. The highest BCUT2D eigenvalue weighted by molar-refractivity contribution is 5.97. The second-order valence-corrected chi connectivity index (χ2v) is 5.47. The summed E-state index contributed by atoms with van der Waals surface area (Å²) in [7, 11) is 1.59. The molecule has 0 aliphatic heterocycles. The Hall–Kier alpha value is -2.89. The molecule has 0 aliphatic carbocycles. The van der Waals surface area contributed by atoms with Crippen LogP contribution in [0.1, 0.15) is 12.5 Å². The van der Waals surface area contributed by atoms with Crippen LogP contribution in [0.5, 0.6) is 5.75 Å². The van der Waals surface area contributed by atoms with Crippen molar-refractivity contribution >= 4 is 17.5 Å². The predicted molar refractivity (Wildman–Crippen MR) is 94.1 cm³/mol. The van der Waals surface area contributed by atoms with Crippen molar-refractivity contribution in [3.05, 3.63) is 59.9 Å². The van der Waals surface area contributed by atoms with Crippen LogP contribution in [0.15, 0.2) is 48.5 Å². The molecule has 0 heterocycles. The van der Waals surface area contributed by atoms with Gasteiger partial charge in [0.2, 0.25) is 11.8 Å². The summed E-state index contributed by atoms with van der Waals surface area (Å²) in [6, 6.07) is 13.4. The van der Waals surface area contributed by atoms with Crippen molar-refractivity contribution in [2.45, 2.75) is 13.3 Å². The lowest BCUT2D eigenvalue weighted by Gasteiger charge is -2.21. The monoisotopic (exact) mass is 344 g/mol. The molecule has 2 aromatic rings. The molecule has 2 rings (SSSR count). The highest BCUT2D eigenvalue weighted by Crippen LogP contribution is 2.19. The Bertz CT molecular complexity index is 749. The Morgan fingerprint density at radius 1 is 1.12 bits per heavy atom. The van der Waals surface area contributed by atoms with E-state index in [-0.39, 0.29) is 18.1 Å². The number of carbonyl (C=O) groups is 2. The number of hydrogen-bond donors (Lipinski definition) is 1. The van der Waals surface area contributed by atoms with E-state index in [0.717, 1.165) is 16.2 Å². The molecule has 0 spiro atoms. The molecule has 0 aliphatic rings. The second-order valence-electron chi connectivity index (χ2n) is 5.47. The van der Waals surface area contributed by atoms with E-state index in [0.29, 0.717) is 13.0 Å². The van der Waals surface area contributed by atoms with E-state index in [9.17, 15) is 14.0 Å². The molecule has 2 aromatic carbocycles. The minimum absolute atomic E-state index is 0.0925. The molecule has 2 amide bonds. The van der Waals surface area contributed by atoms with Gasteiger partial charge in [-0.3, -0.25) is 9.59 Å². The summed E-state index contributed by atoms with van der Waals surface area (Å²) >= 11 is 0. The van der Waals surface area contributed by atoms with Crippen molar-refractivity contribution < 1.29 is 18.7 Å². The number of benzene rings is 2. The van der Waals surface area contributed by atoms with Crippen LogP contribution in [-0.2, 0) is 16.0 Å². The average Bonchev–Trinajstić information content (AvgIpc) is 2.60. The maximum Gasteiger partial charge on any atom is 0.240 e. The lowest BCUT2D eigenvalue weighted by Crippen LogP contribution is -2.40. The highest BCUT2D eigenvalue weighted by atomic mass is 19.1. The van der Waals surface area contributed by atoms with Gasteiger partial charge in [-0.2, -0.15) is 0 Å². The number of hydrogen-bond acceptors (Lipinski definition) is 3. The Morgan fingerprint density at radius 3 is 2.48 bits per heavy atom. The van der Waals surface area contributed by atoms with Crippen LogP contribution >= 0.6 is 0 Å². The number of nitrogens with zero attached hydrogens (tertiary/aromatic N) is 1. The summed E-state index contributed by atoms with van der Waals surface area (Å²) in [5.74, 6) is -0.536. The summed E-state index contributed by atoms with van der Waals surface area (Å²) in [4.78, 5) is 25.0. The molecule has 25 heavy (non-hydrogen) atoms. The van der Waals surface area contributed by atoms with E-state index < -0.39 is 11.7 Å². The number of anilines is 1. The topological polar surface area (TPSA) is 58.6 Å². The minimum Gasteiger partial charge on any atom is -0.496 e. The maximum atomic E-state index is 13.9. The summed E-state index contributed by atoms with van der Waals surface area (Å²) < 4.78 is 19.1. The maximum absolute atomic E-state index is 13.9. The quantitative estimate of drug-likeness (QED) is 0.840. The van der Waals surface area contributed by atoms with E-state index in [1.165, 1.54) is 25.1 Å². The minimum atomic E-state index is -0.542. The lowest BCUT2D eigenvalue weighted by molar-refractivity contribution is -0.123. The van der Waals surface area contributed by atoms with Gasteiger partial charge in [-0.15, -0.1) is 0 Å². The van der Waals surface area contributed by atoms with Gasteiger partial charge in [-0.1, -0.05) is 30.3 Å². The number of para-hydroxylation sites is 2. The van der Waals surface area contributed by atoms with E-state index in [4.69, 9.17) is 4.74 Å². The fraction of sp³-hybridized carbons (Fsp3) is 0.263. The number of methoxy groups -OCH3 is 1. The van der Waals surface area contributed by atoms with Gasteiger partial charge in [0.15, 0.2) is 0 Å². The van der Waals surface area contributed by atoms with E-state index in [1.807, 2.05) is 24.3 Å². The Kier molecular flexibility index (Phi) is 6.51. The number of rotatable bonds is 7. The van der Waals surface area contributed by atoms with Crippen LogP contribution in [0.25, 0.3) is 0 Å². The Labute approximate surface area is 146 Å². The zero-order valence-electron chi connectivity index (χ0n) is 14.3. The van der Waals surface area contributed by atoms with Crippen molar-refractivity contribution in [1.29, 1.82) is 0 Å². The first-order valence-electron chi connectivity index (χ1n) is 7.94. The normalized spacial score (nSPS) is 10.2. The highest BCUT2D eigenvalue weighted by Gasteiger charge is 2.18. The summed E-state index contributed by atoms with van der Waals surface area (Å²) in [6.07, 6.45) is 0.593. The third-order valence-corrected chi connectivity index (χ3v) is 3.73. The standard InChI is InChI=1S/C19H21FN2O3/c1-14(23)22(17-9-5-4-8-16(17)20)13-19(24)21-12-11-15-7-3-6-10-18(15)25-2/h3-10H,11-13H2,1-2H3,(H,21,24). The lowest BCUT2D eigenvalue weighted by atomic mass is 10.1. The van der Waals surface area contributed by atoms with Gasteiger partial charge in [0.25, 0.3) is 0 Å². The molecule has 0 atom stereocenters. The average molecular weight is 344 g/mol. The Morgan fingerprint density at radius 2 is 1.80 bits per heavy atom. The molecule has 0 aromatic heterocycles. The number of ether oxygens (including phenoxy) is 1. The summed E-state index contributed by atoms with van der Waals surface area (Å²) in [5.41, 5.74) is 1.07. The number of amides is 2. The zero-order chi connectivity index (χ0) is 18.2. The molecule has 0 fully saturated rings. The molecule has 0 bridgehead atoms. The first kappa shape index (κ1) is 18.4.